The summed E-state index contributed by atoms with van der Waals surface area (Å²) in [4.78, 5) is 0. The summed E-state index contributed by atoms with van der Waals surface area (Å²) >= 11 is 0. The van der Waals surface area contributed by atoms with Gasteiger partial charge in [-0.05, 0) is 167 Å². The summed E-state index contributed by atoms with van der Waals surface area (Å²) in [5, 5.41) is 0. The van der Waals surface area contributed by atoms with Crippen LogP contribution in [0.4, 0.5) is 0 Å². The quantitative estimate of drug-likeness (QED) is 0.0350. The average Bonchev–Trinajstić information content (AvgIpc) is 1.00. The molecule has 584 valence electrons. The number of unbranched alkanes of at least 4 members (excludes halogenated alkanes) is 2. The summed E-state index contributed by atoms with van der Waals surface area (Å²) in [5.74, 6) is 0. The smallest absolute Gasteiger partial charge is 0.0716 e. The Morgan fingerprint density at radius 3 is 0.565 bits per heavy atom. The largest absolute Gasteiger partial charge is 0.381 e. The first kappa shape index (κ1) is 97.4. The summed E-state index contributed by atoms with van der Waals surface area (Å²) in [5.41, 5.74) is 19.5. The van der Waals surface area contributed by atoms with Crippen molar-refractivity contribution in [2.45, 2.75) is 159 Å². The van der Waals surface area contributed by atoms with Crippen LogP contribution in [0.2, 0.25) is 0 Å². The monoisotopic (exact) mass is 1470 g/mol. The highest BCUT2D eigenvalue weighted by Gasteiger charge is 2.00. The van der Waals surface area contributed by atoms with Gasteiger partial charge in [-0.1, -0.05) is 350 Å². The highest BCUT2D eigenvalue weighted by Crippen LogP contribution is 2.14. The Balaban J connectivity index is 0.000000618. The zero-order chi connectivity index (χ0) is 79.0. The number of ether oxygens (including phenoxy) is 8. The van der Waals surface area contributed by atoms with Gasteiger partial charge in [-0.3, -0.25) is 0 Å². The molecule has 8 nitrogen and oxygen atoms in total. The Hall–Kier alpha value is -8.64. The molecule has 8 heteroatoms. The lowest BCUT2D eigenvalue weighted by Crippen LogP contribution is -1.99. The predicted octanol–water partition coefficient (Wildman–Crippen LogP) is 26.2. The van der Waals surface area contributed by atoms with Crippen LogP contribution in [0.5, 0.6) is 0 Å². The second-order valence-corrected chi connectivity index (χ2v) is 25.1. The zero-order valence-electron chi connectivity index (χ0n) is 67.8. The molecule has 0 aliphatic rings. The molecule has 108 heavy (non-hydrogen) atoms. The van der Waals surface area contributed by atoms with Crippen molar-refractivity contribution < 1.29 is 37.9 Å². The topological polar surface area (TPSA) is 73.8 Å². The molecule has 0 unspecified atom stereocenters. The van der Waals surface area contributed by atoms with Crippen LogP contribution in [0, 0.1) is 0 Å². The summed E-state index contributed by atoms with van der Waals surface area (Å²) in [7, 11) is 0. The van der Waals surface area contributed by atoms with Crippen LogP contribution in [-0.4, -0.2) is 79.3 Å². The molecular formula is C100H136O8. The molecule has 0 N–H and O–H groups in total. The first-order chi connectivity index (χ1) is 52.9. The van der Waals surface area contributed by atoms with E-state index in [1.165, 1.54) is 79.6 Å². The molecule has 0 heterocycles. The highest BCUT2D eigenvalue weighted by atomic mass is 16.5. The van der Waals surface area contributed by atoms with E-state index in [1.54, 1.807) is 0 Å². The third-order valence-corrected chi connectivity index (χ3v) is 16.0. The van der Waals surface area contributed by atoms with Crippen LogP contribution in [-0.2, 0) is 90.0 Å². The van der Waals surface area contributed by atoms with Crippen LogP contribution in [0.1, 0.15) is 196 Å². The molecule has 0 amide bonds. The van der Waals surface area contributed by atoms with Gasteiger partial charge in [-0.2, -0.15) is 0 Å². The SMILES string of the molecule is C=Cc1ccc(CCOCC)cc1.C=Cc1ccc(CCOCCC)cc1.C=Cc1ccc(CCOCCC)cc1.C=Cc1ccc(CCOCCCC)cc1.C=Cc1ccc(COCC)cc1.C=Cc1ccc(COCCC)cc1.C=Cc1ccc(COCCC)cc1.C=Cc1ccc(COCCCC)cc1. The van der Waals surface area contributed by atoms with Crippen molar-refractivity contribution in [2.24, 2.45) is 0 Å². The Labute approximate surface area is 656 Å². The lowest BCUT2D eigenvalue weighted by Gasteiger charge is -2.03. The van der Waals surface area contributed by atoms with Crippen LogP contribution >= 0.6 is 0 Å². The van der Waals surface area contributed by atoms with Gasteiger partial charge in [-0.25, -0.2) is 0 Å². The van der Waals surface area contributed by atoms with Crippen LogP contribution in [0.15, 0.2) is 247 Å². The summed E-state index contributed by atoms with van der Waals surface area (Å²) < 4.78 is 43.2. The molecule has 8 aromatic carbocycles. The summed E-state index contributed by atoms with van der Waals surface area (Å²) in [6, 6.07) is 66.7. The Morgan fingerprint density at radius 1 is 0.185 bits per heavy atom. The van der Waals surface area contributed by atoms with E-state index in [1.807, 2.05) is 74.6 Å². The second kappa shape index (κ2) is 70.1. The number of hydrogen-bond acceptors (Lipinski definition) is 8. The number of benzene rings is 8. The second-order valence-electron chi connectivity index (χ2n) is 25.1. The molecule has 0 atom stereocenters. The minimum Gasteiger partial charge on any atom is -0.381 e. The average molecular weight is 1470 g/mol. The van der Waals surface area contributed by atoms with Gasteiger partial charge in [0, 0.05) is 52.9 Å². The van der Waals surface area contributed by atoms with Gasteiger partial charge in [0.1, 0.15) is 0 Å². The van der Waals surface area contributed by atoms with E-state index in [2.05, 4.69) is 276 Å². The molecule has 0 spiro atoms. The molecule has 0 saturated heterocycles. The van der Waals surface area contributed by atoms with Crippen molar-refractivity contribution in [3.8, 4) is 0 Å². The fourth-order valence-electron chi connectivity index (χ4n) is 9.35. The molecule has 0 radical (unpaired) electrons. The van der Waals surface area contributed by atoms with E-state index >= 15 is 0 Å². The minimum absolute atomic E-state index is 0.702. The molecule has 0 aliphatic heterocycles. The van der Waals surface area contributed by atoms with Crippen LogP contribution < -0.4 is 0 Å². The van der Waals surface area contributed by atoms with E-state index in [4.69, 9.17) is 37.9 Å². The fraction of sp³-hybridized carbons (Fsp3) is 0.360. The molecule has 0 saturated carbocycles. The maximum absolute atomic E-state index is 5.51. The maximum atomic E-state index is 5.51. The normalized spacial score (nSPS) is 10.0. The van der Waals surface area contributed by atoms with Crippen molar-refractivity contribution >= 4 is 48.6 Å². The molecule has 0 aromatic heterocycles. The standard InChI is InChI=1S/C14H20O.3C13H18O.3C12H16O.C11H14O/c1-3-5-11-15-12-10-14-8-6-13(4-2)7-9-14;2*1-3-10-14-11-9-13-7-5-12(4-2)6-8-13;1-3-5-10-14-11-13-8-6-12(4-2)7-9-13;1-3-11-5-7-12(8-6-11)9-10-13-4-2;2*1-3-9-13-10-12-7-5-11(4-2)6-8-12;1-3-10-5-7-11(8-6-10)9-12-4-2/h4,6-9H,2-3,5,10-12H2,1H3;2*4-8H,2-3,9-11H2,1H3;4,6-9H,2-3,5,10-11H2,1H3;3,5-8H,1,4,9-10H2,2H3;2*4-8H,2-3,9-10H2,1H3;3,5-8H,1,4,9H2,2H3. The van der Waals surface area contributed by atoms with Gasteiger partial charge >= 0.3 is 0 Å². The van der Waals surface area contributed by atoms with E-state index in [9.17, 15) is 0 Å². The lowest BCUT2D eigenvalue weighted by atomic mass is 10.1. The number of rotatable bonds is 44. The Kier molecular flexibility index (Phi) is 63.2. The van der Waals surface area contributed by atoms with Crippen molar-refractivity contribution in [3.05, 3.63) is 336 Å². The lowest BCUT2D eigenvalue weighted by molar-refractivity contribution is 0.118. The van der Waals surface area contributed by atoms with Crippen LogP contribution in [0.3, 0.4) is 0 Å². The number of hydrogen-bond donors (Lipinski definition) is 0. The van der Waals surface area contributed by atoms with Crippen molar-refractivity contribution in [1.82, 2.24) is 0 Å². The Bertz CT molecular complexity index is 3160. The van der Waals surface area contributed by atoms with Gasteiger partial charge in [0.15, 0.2) is 0 Å². The van der Waals surface area contributed by atoms with Gasteiger partial charge < -0.3 is 37.9 Å². The fourth-order valence-corrected chi connectivity index (χ4v) is 9.35. The zero-order valence-corrected chi connectivity index (χ0v) is 67.8. The van der Waals surface area contributed by atoms with Gasteiger partial charge in [0.05, 0.1) is 52.9 Å². The van der Waals surface area contributed by atoms with Gasteiger partial charge in [0.25, 0.3) is 0 Å². The van der Waals surface area contributed by atoms with Crippen molar-refractivity contribution in [2.75, 3.05) is 79.3 Å². The maximum Gasteiger partial charge on any atom is 0.0716 e. The predicted molar refractivity (Wildman–Crippen MR) is 471 cm³/mol. The Morgan fingerprint density at radius 2 is 0.361 bits per heavy atom. The van der Waals surface area contributed by atoms with Crippen LogP contribution in [0.25, 0.3) is 48.6 Å². The third kappa shape index (κ3) is 52.4. The summed E-state index contributed by atoms with van der Waals surface area (Å²) in [6.45, 7) is 59.4. The minimum atomic E-state index is 0.702. The molecule has 8 rings (SSSR count). The first-order valence-corrected chi connectivity index (χ1v) is 39.3. The third-order valence-electron chi connectivity index (χ3n) is 16.0. The van der Waals surface area contributed by atoms with E-state index in [-0.39, 0.29) is 0 Å². The van der Waals surface area contributed by atoms with Gasteiger partial charge in [0.2, 0.25) is 0 Å². The molecule has 0 bridgehead atoms. The molecule has 0 fully saturated rings. The van der Waals surface area contributed by atoms with E-state index < -0.39 is 0 Å². The first-order valence-electron chi connectivity index (χ1n) is 39.3. The highest BCUT2D eigenvalue weighted by molar-refractivity contribution is 5.52. The molecular weight excluding hydrogens is 1330 g/mol. The van der Waals surface area contributed by atoms with E-state index in [0.29, 0.717) is 19.8 Å². The van der Waals surface area contributed by atoms with Gasteiger partial charge in [-0.15, -0.1) is 0 Å². The van der Waals surface area contributed by atoms with E-state index in [0.717, 1.165) is 172 Å². The summed E-state index contributed by atoms with van der Waals surface area (Å²) in [6.07, 6.45) is 27.8. The molecule has 0 aliphatic carbocycles. The van der Waals surface area contributed by atoms with Crippen molar-refractivity contribution in [3.63, 3.8) is 0 Å². The molecule has 8 aromatic rings. The van der Waals surface area contributed by atoms with Crippen molar-refractivity contribution in [1.29, 1.82) is 0 Å².